The standard InChI is InChI=1S/C32H40ClF3N4O9S/c1-30(2,3)48-28(43)40(29(44)49-31(4,5)6)27(37)38-13-11-20(12-14-38)19-47-23-16-21(32(34,35)36)15-22(17-23)39(18-26(41)42)50(45,46)25-10-8-7-9-24(25)33/h7-10,15-17,20,37H,11-14,18-19H2,1-6H3,(H,41,42). The first-order valence-electron chi connectivity index (χ1n) is 15.3. The molecule has 3 rings (SSSR count). The third kappa shape index (κ3) is 10.9. The van der Waals surface area contributed by atoms with Gasteiger partial charge in [-0.2, -0.15) is 13.2 Å². The number of nitrogens with zero attached hydrogens (tertiary/aromatic N) is 3. The summed E-state index contributed by atoms with van der Waals surface area (Å²) in [5, 5.41) is 17.9. The lowest BCUT2D eigenvalue weighted by Crippen LogP contribution is -2.54. The van der Waals surface area contributed by atoms with Gasteiger partial charge in [0.1, 0.15) is 28.4 Å². The molecule has 18 heteroatoms. The van der Waals surface area contributed by atoms with Crippen LogP contribution in [0.4, 0.5) is 28.4 Å². The number of aliphatic carboxylic acids is 1. The van der Waals surface area contributed by atoms with Crippen molar-refractivity contribution in [2.24, 2.45) is 5.92 Å². The summed E-state index contributed by atoms with van der Waals surface area (Å²) in [6, 6.07) is 7.29. The van der Waals surface area contributed by atoms with Gasteiger partial charge >= 0.3 is 24.3 Å². The molecule has 13 nitrogen and oxygen atoms in total. The minimum atomic E-state index is -4.95. The molecule has 1 saturated heterocycles. The van der Waals surface area contributed by atoms with E-state index in [1.165, 1.54) is 23.1 Å². The number of imide groups is 1. The lowest BCUT2D eigenvalue weighted by atomic mass is 9.98. The number of benzene rings is 2. The van der Waals surface area contributed by atoms with E-state index in [0.29, 0.717) is 34.2 Å². The highest BCUT2D eigenvalue weighted by atomic mass is 35.5. The Morgan fingerprint density at radius 3 is 1.98 bits per heavy atom. The predicted octanol–water partition coefficient (Wildman–Crippen LogP) is 6.84. The van der Waals surface area contributed by atoms with Gasteiger partial charge < -0.3 is 24.2 Å². The molecule has 0 saturated carbocycles. The molecule has 0 spiro atoms. The van der Waals surface area contributed by atoms with Gasteiger partial charge in [0.2, 0.25) is 5.96 Å². The van der Waals surface area contributed by atoms with E-state index in [1.807, 2.05) is 0 Å². The summed E-state index contributed by atoms with van der Waals surface area (Å²) in [5.41, 5.74) is -3.84. The number of carbonyl (C=O) groups is 3. The predicted molar refractivity (Wildman–Crippen MR) is 177 cm³/mol. The van der Waals surface area contributed by atoms with Crippen LogP contribution in [0.1, 0.15) is 59.9 Å². The van der Waals surface area contributed by atoms with E-state index in [-0.39, 0.29) is 36.4 Å². The van der Waals surface area contributed by atoms with Crippen LogP contribution in [-0.4, -0.2) is 84.9 Å². The molecule has 1 aliphatic heterocycles. The Labute approximate surface area is 293 Å². The van der Waals surface area contributed by atoms with Crippen molar-refractivity contribution >= 4 is 51.4 Å². The molecular weight excluding hydrogens is 709 g/mol. The van der Waals surface area contributed by atoms with Crippen molar-refractivity contribution in [3.8, 4) is 5.75 Å². The SMILES string of the molecule is CC(C)(C)OC(=O)N(C(=N)N1CCC(COc2cc(N(CC(=O)O)S(=O)(=O)c3ccccc3Cl)cc(C(F)(F)F)c2)CC1)C(=O)OC(C)(C)C. The van der Waals surface area contributed by atoms with Crippen molar-refractivity contribution in [2.75, 3.05) is 30.5 Å². The highest BCUT2D eigenvalue weighted by Gasteiger charge is 2.38. The number of amides is 2. The lowest BCUT2D eigenvalue weighted by Gasteiger charge is -2.37. The number of carboxylic acid groups (broad SMARTS) is 1. The zero-order valence-electron chi connectivity index (χ0n) is 28.3. The number of guanidine groups is 1. The number of carbonyl (C=O) groups excluding carboxylic acids is 2. The van der Waals surface area contributed by atoms with Crippen LogP contribution in [0.3, 0.4) is 0 Å². The maximum atomic E-state index is 14.0. The summed E-state index contributed by atoms with van der Waals surface area (Å²) in [6.45, 7) is 8.58. The van der Waals surface area contributed by atoms with Crippen molar-refractivity contribution in [3.05, 3.63) is 53.1 Å². The normalized spacial score (nSPS) is 14.5. The number of likely N-dealkylation sites (tertiary alicyclic amines) is 1. The van der Waals surface area contributed by atoms with Crippen LogP contribution < -0.4 is 9.04 Å². The molecule has 276 valence electrons. The van der Waals surface area contributed by atoms with Crippen LogP contribution in [0.5, 0.6) is 5.75 Å². The third-order valence-electron chi connectivity index (χ3n) is 6.95. The van der Waals surface area contributed by atoms with Gasteiger partial charge in [0, 0.05) is 19.2 Å². The molecule has 0 radical (unpaired) electrons. The van der Waals surface area contributed by atoms with Crippen LogP contribution in [-0.2, 0) is 30.5 Å². The first-order chi connectivity index (χ1) is 22.9. The fraction of sp³-hybridized carbons (Fsp3) is 0.500. The third-order valence-corrected chi connectivity index (χ3v) is 9.23. The fourth-order valence-corrected chi connectivity index (χ4v) is 6.61. The van der Waals surface area contributed by atoms with Gasteiger partial charge in [-0.3, -0.25) is 14.5 Å². The van der Waals surface area contributed by atoms with Gasteiger partial charge in [-0.25, -0.2) is 18.0 Å². The first kappa shape index (κ1) is 40.2. The van der Waals surface area contributed by atoms with E-state index in [0.717, 1.165) is 12.1 Å². The molecule has 0 unspecified atom stereocenters. The number of piperidine rings is 1. The van der Waals surface area contributed by atoms with Gasteiger partial charge in [0.15, 0.2) is 0 Å². The average molecular weight is 749 g/mol. The second-order valence-corrected chi connectivity index (χ2v) is 15.6. The number of ether oxygens (including phenoxy) is 3. The van der Waals surface area contributed by atoms with Crippen LogP contribution in [0.15, 0.2) is 47.4 Å². The molecule has 2 aromatic carbocycles. The number of anilines is 1. The van der Waals surface area contributed by atoms with E-state index >= 15 is 0 Å². The van der Waals surface area contributed by atoms with Crippen molar-refractivity contribution in [2.45, 2.75) is 76.7 Å². The largest absolute Gasteiger partial charge is 0.493 e. The van der Waals surface area contributed by atoms with E-state index in [1.54, 1.807) is 41.5 Å². The Balaban J connectivity index is 1.82. The van der Waals surface area contributed by atoms with Gasteiger partial charge in [0.25, 0.3) is 10.0 Å². The first-order valence-corrected chi connectivity index (χ1v) is 17.1. The van der Waals surface area contributed by atoms with E-state index in [2.05, 4.69) is 0 Å². The van der Waals surface area contributed by atoms with Crippen molar-refractivity contribution in [1.29, 1.82) is 5.41 Å². The van der Waals surface area contributed by atoms with Crippen molar-refractivity contribution in [1.82, 2.24) is 9.80 Å². The Hall–Kier alpha value is -4.25. The molecule has 0 aliphatic carbocycles. The van der Waals surface area contributed by atoms with Gasteiger partial charge in [0.05, 0.1) is 22.9 Å². The van der Waals surface area contributed by atoms with Crippen LogP contribution in [0, 0.1) is 11.3 Å². The molecule has 2 aromatic rings. The van der Waals surface area contributed by atoms with Crippen LogP contribution in [0.25, 0.3) is 0 Å². The summed E-state index contributed by atoms with van der Waals surface area (Å²) >= 11 is 6.05. The number of hydrogen-bond donors (Lipinski definition) is 2. The second-order valence-electron chi connectivity index (χ2n) is 13.4. The average Bonchev–Trinajstić information content (AvgIpc) is 2.96. The highest BCUT2D eigenvalue weighted by molar-refractivity contribution is 7.93. The zero-order valence-corrected chi connectivity index (χ0v) is 29.9. The maximum absolute atomic E-state index is 14.0. The molecule has 2 amide bonds. The number of alkyl halides is 3. The lowest BCUT2D eigenvalue weighted by molar-refractivity contribution is -0.137. The van der Waals surface area contributed by atoms with E-state index < -0.39 is 74.2 Å². The minimum Gasteiger partial charge on any atom is -0.493 e. The fourth-order valence-electron chi connectivity index (χ4n) is 4.71. The quantitative estimate of drug-likeness (QED) is 0.216. The Morgan fingerprint density at radius 1 is 0.960 bits per heavy atom. The number of carboxylic acids is 1. The minimum absolute atomic E-state index is 0.125. The Morgan fingerprint density at radius 2 is 1.50 bits per heavy atom. The smallest absolute Gasteiger partial charge is 0.427 e. The van der Waals surface area contributed by atoms with Crippen molar-refractivity contribution in [3.63, 3.8) is 0 Å². The van der Waals surface area contributed by atoms with Crippen LogP contribution in [0.2, 0.25) is 5.02 Å². The van der Waals surface area contributed by atoms with E-state index in [9.17, 15) is 41.1 Å². The monoisotopic (exact) mass is 748 g/mol. The molecule has 2 N–H and O–H groups in total. The molecule has 1 fully saturated rings. The molecule has 0 atom stereocenters. The summed E-state index contributed by atoms with van der Waals surface area (Å²) in [4.78, 5) is 39.0. The molecular formula is C32H40ClF3N4O9S. The Kier molecular flexibility index (Phi) is 12.3. The van der Waals surface area contributed by atoms with Crippen molar-refractivity contribution < 1.29 is 55.3 Å². The summed E-state index contributed by atoms with van der Waals surface area (Å²) in [6.07, 6.45) is -6.49. The molecule has 50 heavy (non-hydrogen) atoms. The number of hydrogen-bond acceptors (Lipinski definition) is 9. The maximum Gasteiger partial charge on any atom is 0.427 e. The molecule has 0 bridgehead atoms. The number of rotatable bonds is 8. The topological polar surface area (TPSA) is 167 Å². The second kappa shape index (κ2) is 15.3. The van der Waals surface area contributed by atoms with Crippen LogP contribution >= 0.6 is 11.6 Å². The summed E-state index contributed by atoms with van der Waals surface area (Å²) in [7, 11) is -4.75. The van der Waals surface area contributed by atoms with Gasteiger partial charge in [-0.05, 0) is 84.6 Å². The summed E-state index contributed by atoms with van der Waals surface area (Å²) < 4.78 is 85.6. The number of sulfonamides is 1. The molecule has 1 heterocycles. The number of halogens is 4. The van der Waals surface area contributed by atoms with E-state index in [4.69, 9.17) is 31.2 Å². The summed E-state index contributed by atoms with van der Waals surface area (Å²) in [5.74, 6) is -2.74. The van der Waals surface area contributed by atoms with Gasteiger partial charge in [-0.1, -0.05) is 23.7 Å². The Bertz CT molecular complexity index is 1670. The highest BCUT2D eigenvalue weighted by Crippen LogP contribution is 2.38. The molecule has 0 aromatic heterocycles. The molecule has 1 aliphatic rings. The van der Waals surface area contributed by atoms with Gasteiger partial charge in [-0.15, -0.1) is 4.90 Å². The zero-order chi connectivity index (χ0) is 37.8. The number of nitrogens with one attached hydrogen (secondary N) is 1.